The summed E-state index contributed by atoms with van der Waals surface area (Å²) in [5, 5.41) is 1.81. The van der Waals surface area contributed by atoms with Crippen LogP contribution in [0.2, 0.25) is 0 Å². The molecule has 0 saturated carbocycles. The number of urea groups is 1. The second kappa shape index (κ2) is 6.19. The summed E-state index contributed by atoms with van der Waals surface area (Å²) in [6.45, 7) is 1.31. The lowest BCUT2D eigenvalue weighted by Gasteiger charge is -2.13. The molecule has 3 amide bonds. The molecule has 0 aliphatic rings. The van der Waals surface area contributed by atoms with E-state index in [0.29, 0.717) is 4.47 Å². The predicted octanol–water partition coefficient (Wildman–Crippen LogP) is 0.771. The Morgan fingerprint density at radius 3 is 2.58 bits per heavy atom. The van der Waals surface area contributed by atoms with Crippen molar-refractivity contribution in [3.05, 3.63) is 28.2 Å². The molecule has 1 atom stereocenters. The summed E-state index contributed by atoms with van der Waals surface area (Å²) in [5.41, 5.74) is 10.7. The van der Waals surface area contributed by atoms with Crippen molar-refractivity contribution in [2.75, 3.05) is 5.73 Å². The maximum Gasteiger partial charge on any atom is 0.341 e. The zero-order chi connectivity index (χ0) is 14.6. The van der Waals surface area contributed by atoms with Gasteiger partial charge in [-0.05, 0) is 25.1 Å². The first-order valence-electron chi connectivity index (χ1n) is 5.17. The van der Waals surface area contributed by atoms with Crippen LogP contribution >= 0.6 is 15.9 Å². The first-order chi connectivity index (χ1) is 8.81. The van der Waals surface area contributed by atoms with Crippen molar-refractivity contribution in [2.24, 2.45) is 5.73 Å². The second-order valence-electron chi connectivity index (χ2n) is 3.63. The van der Waals surface area contributed by atoms with Gasteiger partial charge in [-0.25, -0.2) is 9.59 Å². The molecule has 1 aromatic rings. The highest BCUT2D eigenvalue weighted by molar-refractivity contribution is 9.10. The van der Waals surface area contributed by atoms with Gasteiger partial charge in [0, 0.05) is 10.2 Å². The number of ether oxygens (including phenoxy) is 1. The lowest BCUT2D eigenvalue weighted by molar-refractivity contribution is -0.127. The number of primary amides is 1. The van der Waals surface area contributed by atoms with Gasteiger partial charge >= 0.3 is 12.0 Å². The first kappa shape index (κ1) is 15.0. The number of nitrogen functional groups attached to an aromatic ring is 1. The van der Waals surface area contributed by atoms with E-state index in [1.165, 1.54) is 19.1 Å². The predicted molar refractivity (Wildman–Crippen MR) is 71.2 cm³/mol. The number of carbonyl (C=O) groups excluding carboxylic acids is 3. The van der Waals surface area contributed by atoms with Gasteiger partial charge in [0.05, 0.1) is 5.56 Å². The Labute approximate surface area is 117 Å². The van der Waals surface area contributed by atoms with E-state index in [-0.39, 0.29) is 11.3 Å². The molecule has 0 radical (unpaired) electrons. The third-order valence-electron chi connectivity index (χ3n) is 2.13. The Kier molecular flexibility index (Phi) is 4.87. The van der Waals surface area contributed by atoms with Crippen LogP contribution in [0.5, 0.6) is 0 Å². The van der Waals surface area contributed by atoms with Gasteiger partial charge in [-0.3, -0.25) is 10.1 Å². The number of imide groups is 1. The quantitative estimate of drug-likeness (QED) is 0.558. The molecule has 0 bridgehead atoms. The monoisotopic (exact) mass is 329 g/mol. The highest BCUT2D eigenvalue weighted by atomic mass is 79.9. The van der Waals surface area contributed by atoms with Crippen molar-refractivity contribution in [3.8, 4) is 0 Å². The summed E-state index contributed by atoms with van der Waals surface area (Å²) in [6.07, 6.45) is -1.17. The molecule has 0 spiro atoms. The Bertz CT molecular complexity index is 533. The van der Waals surface area contributed by atoms with E-state index < -0.39 is 24.0 Å². The van der Waals surface area contributed by atoms with E-state index >= 15 is 0 Å². The number of amides is 3. The zero-order valence-corrected chi connectivity index (χ0v) is 11.6. The van der Waals surface area contributed by atoms with Crippen LogP contribution in [0.4, 0.5) is 10.5 Å². The van der Waals surface area contributed by atoms with Crippen LogP contribution in [-0.2, 0) is 9.53 Å². The molecular formula is C11H12BrN3O4. The Morgan fingerprint density at radius 2 is 2.00 bits per heavy atom. The minimum absolute atomic E-state index is 0.119. The largest absolute Gasteiger partial charge is 0.449 e. The van der Waals surface area contributed by atoms with E-state index in [1.54, 1.807) is 6.07 Å². The van der Waals surface area contributed by atoms with E-state index in [0.717, 1.165) is 0 Å². The van der Waals surface area contributed by atoms with E-state index in [9.17, 15) is 14.4 Å². The van der Waals surface area contributed by atoms with Crippen molar-refractivity contribution in [3.63, 3.8) is 0 Å². The molecule has 0 aliphatic heterocycles. The topological polar surface area (TPSA) is 125 Å². The minimum Gasteiger partial charge on any atom is -0.449 e. The van der Waals surface area contributed by atoms with Crippen molar-refractivity contribution in [2.45, 2.75) is 13.0 Å². The molecule has 0 fully saturated rings. The molecule has 19 heavy (non-hydrogen) atoms. The van der Waals surface area contributed by atoms with Gasteiger partial charge in [-0.1, -0.05) is 15.9 Å². The number of hydrogen-bond acceptors (Lipinski definition) is 5. The van der Waals surface area contributed by atoms with Gasteiger partial charge in [0.2, 0.25) is 0 Å². The van der Waals surface area contributed by atoms with Crippen molar-refractivity contribution < 1.29 is 19.1 Å². The smallest absolute Gasteiger partial charge is 0.341 e. The molecule has 0 aromatic heterocycles. The molecule has 8 heteroatoms. The van der Waals surface area contributed by atoms with Gasteiger partial charge in [0.15, 0.2) is 6.10 Å². The summed E-state index contributed by atoms with van der Waals surface area (Å²) in [7, 11) is 0. The number of carbonyl (C=O) groups is 3. The highest BCUT2D eigenvalue weighted by Crippen LogP contribution is 2.19. The van der Waals surface area contributed by atoms with Crippen LogP contribution < -0.4 is 16.8 Å². The number of halogens is 1. The van der Waals surface area contributed by atoms with E-state index in [1.807, 2.05) is 5.32 Å². The number of benzene rings is 1. The fourth-order valence-electron chi connectivity index (χ4n) is 1.21. The Hall–Kier alpha value is -2.09. The summed E-state index contributed by atoms with van der Waals surface area (Å²) >= 11 is 3.19. The van der Waals surface area contributed by atoms with E-state index in [2.05, 4.69) is 15.9 Å². The minimum atomic E-state index is -1.17. The molecule has 0 aliphatic carbocycles. The Balaban J connectivity index is 2.77. The van der Waals surface area contributed by atoms with Crippen LogP contribution in [0.15, 0.2) is 22.7 Å². The molecular weight excluding hydrogens is 318 g/mol. The van der Waals surface area contributed by atoms with Crippen molar-refractivity contribution in [1.82, 2.24) is 5.32 Å². The first-order valence-corrected chi connectivity index (χ1v) is 5.97. The molecule has 1 rings (SSSR count). The Morgan fingerprint density at radius 1 is 1.37 bits per heavy atom. The van der Waals surface area contributed by atoms with Crippen molar-refractivity contribution in [1.29, 1.82) is 0 Å². The fourth-order valence-corrected chi connectivity index (χ4v) is 1.57. The standard InChI is InChI=1S/C11H12BrN3O4/c1-5(9(16)15-11(14)18)19-10(17)7-4-6(12)2-3-8(7)13/h2-5H,13H2,1H3,(H3,14,15,16,18)/t5-/m0/s1. The summed E-state index contributed by atoms with van der Waals surface area (Å²) < 4.78 is 5.52. The number of rotatable bonds is 3. The van der Waals surface area contributed by atoms with Crippen LogP contribution in [0.25, 0.3) is 0 Å². The third-order valence-corrected chi connectivity index (χ3v) is 2.63. The molecule has 0 unspecified atom stereocenters. The number of nitrogens with two attached hydrogens (primary N) is 2. The second-order valence-corrected chi connectivity index (χ2v) is 4.55. The average molecular weight is 330 g/mol. The maximum absolute atomic E-state index is 11.8. The maximum atomic E-state index is 11.8. The molecule has 1 aromatic carbocycles. The molecule has 0 saturated heterocycles. The summed E-state index contributed by atoms with van der Waals surface area (Å²) in [5.74, 6) is -1.58. The number of hydrogen-bond donors (Lipinski definition) is 3. The van der Waals surface area contributed by atoms with Crippen molar-refractivity contribution >= 4 is 39.5 Å². The number of esters is 1. The molecule has 7 nitrogen and oxygen atoms in total. The average Bonchev–Trinajstić information content (AvgIpc) is 2.31. The van der Waals surface area contributed by atoms with Gasteiger partial charge < -0.3 is 16.2 Å². The highest BCUT2D eigenvalue weighted by Gasteiger charge is 2.21. The lowest BCUT2D eigenvalue weighted by atomic mass is 10.2. The number of nitrogens with one attached hydrogen (secondary N) is 1. The van der Waals surface area contributed by atoms with Gasteiger partial charge in [-0.15, -0.1) is 0 Å². The van der Waals surface area contributed by atoms with Crippen LogP contribution in [0.1, 0.15) is 17.3 Å². The van der Waals surface area contributed by atoms with Gasteiger partial charge in [0.25, 0.3) is 5.91 Å². The SMILES string of the molecule is C[C@H](OC(=O)c1cc(Br)ccc1N)C(=O)NC(N)=O. The van der Waals surface area contributed by atoms with Gasteiger partial charge in [-0.2, -0.15) is 0 Å². The normalized spacial score (nSPS) is 11.5. The van der Waals surface area contributed by atoms with Gasteiger partial charge in [0.1, 0.15) is 0 Å². The molecule has 102 valence electrons. The molecule has 0 heterocycles. The summed E-state index contributed by atoms with van der Waals surface area (Å²) in [6, 6.07) is 3.63. The van der Waals surface area contributed by atoms with E-state index in [4.69, 9.17) is 16.2 Å². The van der Waals surface area contributed by atoms with Crippen LogP contribution in [0, 0.1) is 0 Å². The van der Waals surface area contributed by atoms with Crippen LogP contribution in [-0.4, -0.2) is 24.0 Å². The number of anilines is 1. The third kappa shape index (κ3) is 4.25. The summed E-state index contributed by atoms with van der Waals surface area (Å²) in [4.78, 5) is 33.6. The lowest BCUT2D eigenvalue weighted by Crippen LogP contribution is -2.42. The molecule has 5 N–H and O–H groups in total. The van der Waals surface area contributed by atoms with Crippen LogP contribution in [0.3, 0.4) is 0 Å². The zero-order valence-electron chi connectivity index (χ0n) is 9.98. The fraction of sp³-hybridized carbons (Fsp3) is 0.182.